The van der Waals surface area contributed by atoms with Gasteiger partial charge in [-0.05, 0) is 67.3 Å². The minimum absolute atomic E-state index is 0.221. The monoisotopic (exact) mass is 539 g/mol. The van der Waals surface area contributed by atoms with Crippen molar-refractivity contribution in [2.24, 2.45) is 17.8 Å². The molecule has 5 rings (SSSR count). The van der Waals surface area contributed by atoms with Crippen molar-refractivity contribution in [3.63, 3.8) is 0 Å². The summed E-state index contributed by atoms with van der Waals surface area (Å²) in [6, 6.07) is 20.2. The van der Waals surface area contributed by atoms with Gasteiger partial charge in [-0.2, -0.15) is 0 Å². The summed E-state index contributed by atoms with van der Waals surface area (Å²) in [6.45, 7) is 3.79. The quantitative estimate of drug-likeness (QED) is 0.229. The van der Waals surface area contributed by atoms with Crippen molar-refractivity contribution >= 4 is 34.4 Å². The zero-order valence-corrected chi connectivity index (χ0v) is 23.1. The minimum Gasteiger partial charge on any atom is -0.507 e. The van der Waals surface area contributed by atoms with E-state index < -0.39 is 23.9 Å². The van der Waals surface area contributed by atoms with Gasteiger partial charge in [0.1, 0.15) is 5.75 Å². The van der Waals surface area contributed by atoms with E-state index in [1.165, 1.54) is 4.90 Å². The molecule has 1 aliphatic heterocycles. The van der Waals surface area contributed by atoms with Crippen LogP contribution in [0, 0.1) is 17.8 Å². The number of carbonyl (C=O) groups is 2. The number of imide groups is 1. The Hall–Kier alpha value is -3.74. The van der Waals surface area contributed by atoms with Crippen LogP contribution in [0.15, 0.2) is 83.4 Å². The second-order valence-corrected chi connectivity index (χ2v) is 11.0. The van der Waals surface area contributed by atoms with Crippen LogP contribution >= 0.6 is 0 Å². The van der Waals surface area contributed by atoms with Gasteiger partial charge in [-0.1, -0.05) is 79.1 Å². The molecule has 0 aromatic heterocycles. The van der Waals surface area contributed by atoms with Crippen molar-refractivity contribution in [1.29, 1.82) is 0 Å². The van der Waals surface area contributed by atoms with Crippen LogP contribution in [-0.4, -0.2) is 39.8 Å². The Bertz CT molecular complexity index is 1470. The van der Waals surface area contributed by atoms with Crippen molar-refractivity contribution in [3.8, 4) is 5.75 Å². The molecule has 6 heteroatoms. The van der Waals surface area contributed by atoms with E-state index in [1.807, 2.05) is 43.3 Å². The Kier molecular flexibility index (Phi) is 8.19. The van der Waals surface area contributed by atoms with E-state index in [0.29, 0.717) is 31.4 Å². The third kappa shape index (κ3) is 5.09. The second-order valence-electron chi connectivity index (χ2n) is 11.0. The summed E-state index contributed by atoms with van der Waals surface area (Å²) in [4.78, 5) is 28.3. The van der Waals surface area contributed by atoms with Gasteiger partial charge in [-0.25, -0.2) is 0 Å². The number of aliphatic hydroxyl groups is 2. The molecule has 6 nitrogen and oxygen atoms in total. The molecule has 0 bridgehead atoms. The summed E-state index contributed by atoms with van der Waals surface area (Å²) in [5.74, 6) is -2.06. The van der Waals surface area contributed by atoms with Crippen molar-refractivity contribution in [2.45, 2.75) is 52.1 Å². The highest BCUT2D eigenvalue weighted by Gasteiger charge is 2.55. The largest absolute Gasteiger partial charge is 0.507 e. The van der Waals surface area contributed by atoms with E-state index in [2.05, 4.69) is 13.0 Å². The molecular formula is C34H37NO5. The molecule has 2 aliphatic rings. The molecule has 208 valence electrons. The number of fused-ring (bicyclic) bond motifs is 2. The zero-order chi connectivity index (χ0) is 28.4. The van der Waals surface area contributed by atoms with Gasteiger partial charge < -0.3 is 15.3 Å². The number of aromatic hydroxyl groups is 1. The van der Waals surface area contributed by atoms with Gasteiger partial charge >= 0.3 is 0 Å². The summed E-state index contributed by atoms with van der Waals surface area (Å²) in [5.41, 5.74) is 4.35. The van der Waals surface area contributed by atoms with Crippen molar-refractivity contribution < 1.29 is 24.9 Å². The molecule has 3 aromatic rings. The fraction of sp³-hybridized carbons (Fsp3) is 0.353. The van der Waals surface area contributed by atoms with Crippen LogP contribution in [0.1, 0.15) is 51.5 Å². The third-order valence-corrected chi connectivity index (χ3v) is 8.45. The summed E-state index contributed by atoms with van der Waals surface area (Å²) in [7, 11) is 0. The molecule has 0 radical (unpaired) electrons. The first-order chi connectivity index (χ1) is 19.3. The fourth-order valence-electron chi connectivity index (χ4n) is 6.62. The summed E-state index contributed by atoms with van der Waals surface area (Å²) in [6.07, 6.45) is 4.31. The van der Waals surface area contributed by atoms with E-state index in [-0.39, 0.29) is 24.2 Å². The van der Waals surface area contributed by atoms with E-state index >= 15 is 0 Å². The highest BCUT2D eigenvalue weighted by atomic mass is 16.3. The molecule has 1 fully saturated rings. The van der Waals surface area contributed by atoms with Gasteiger partial charge in [-0.3, -0.25) is 14.5 Å². The van der Waals surface area contributed by atoms with Crippen LogP contribution in [0.2, 0.25) is 0 Å². The van der Waals surface area contributed by atoms with Gasteiger partial charge in [-0.15, -0.1) is 0 Å². The number of para-hydroxylation sites is 1. The van der Waals surface area contributed by atoms with E-state index in [9.17, 15) is 24.9 Å². The van der Waals surface area contributed by atoms with Crippen LogP contribution in [0.25, 0.3) is 16.8 Å². The van der Waals surface area contributed by atoms with Crippen LogP contribution < -0.4 is 4.90 Å². The number of allylic oxidation sites excluding steroid dienone is 2. The van der Waals surface area contributed by atoms with Crippen LogP contribution in [-0.2, 0) is 9.59 Å². The van der Waals surface area contributed by atoms with Crippen LogP contribution in [0.4, 0.5) is 5.69 Å². The molecule has 0 unspecified atom stereocenters. The molecule has 2 amide bonds. The van der Waals surface area contributed by atoms with Crippen molar-refractivity contribution in [2.75, 3.05) is 11.5 Å². The molecule has 4 atom stereocenters. The predicted molar refractivity (Wildman–Crippen MR) is 158 cm³/mol. The molecule has 1 aliphatic carbocycles. The first-order valence-corrected chi connectivity index (χ1v) is 14.2. The zero-order valence-electron chi connectivity index (χ0n) is 23.1. The molecule has 40 heavy (non-hydrogen) atoms. The standard InChI is InChI=1S/C34H37NO5/c1-3-9-23-19-27-32(34(40)35(33(27)39)24-10-5-4-6-11-24)28(20-36)31(23)30(38)16-14-21(2)18-22-15-17-29(37)26-13-8-7-12-25(22)26/h4-8,10-13,15,17-18,27-28,30,32,36-38H,3,9,14,16,19-20H2,1-2H3/b21-18+/t27-,28+,30-,32-/m1/s1. The number of aliphatic hydroxyl groups excluding tert-OH is 2. The number of phenolic OH excluding ortho intramolecular Hbond substituents is 1. The highest BCUT2D eigenvalue weighted by molar-refractivity contribution is 6.22. The number of hydrogen-bond donors (Lipinski definition) is 3. The summed E-state index contributed by atoms with van der Waals surface area (Å²) in [5, 5.41) is 34.0. The number of amides is 2. The number of benzene rings is 3. The topological polar surface area (TPSA) is 98.1 Å². The number of anilines is 1. The molecule has 3 N–H and O–H groups in total. The van der Waals surface area contributed by atoms with Crippen molar-refractivity contribution in [1.82, 2.24) is 0 Å². The Morgan fingerprint density at radius 2 is 1.70 bits per heavy atom. The third-order valence-electron chi connectivity index (χ3n) is 8.45. The number of carbonyl (C=O) groups excluding carboxylic acids is 2. The molecule has 1 heterocycles. The lowest BCUT2D eigenvalue weighted by atomic mass is 9.67. The van der Waals surface area contributed by atoms with E-state index in [1.54, 1.807) is 30.3 Å². The lowest BCUT2D eigenvalue weighted by molar-refractivity contribution is -0.123. The molecule has 0 saturated carbocycles. The van der Waals surface area contributed by atoms with E-state index in [0.717, 1.165) is 39.5 Å². The van der Waals surface area contributed by atoms with Gasteiger partial charge in [0.05, 0.1) is 30.2 Å². The van der Waals surface area contributed by atoms with Gasteiger partial charge in [0.2, 0.25) is 11.8 Å². The predicted octanol–water partition coefficient (Wildman–Crippen LogP) is 6.00. The molecule has 3 aromatic carbocycles. The summed E-state index contributed by atoms with van der Waals surface area (Å²) >= 11 is 0. The van der Waals surface area contributed by atoms with E-state index in [4.69, 9.17) is 0 Å². The molecular weight excluding hydrogens is 502 g/mol. The second kappa shape index (κ2) is 11.8. The Labute approximate surface area is 235 Å². The lowest BCUT2D eigenvalue weighted by Crippen LogP contribution is -2.39. The van der Waals surface area contributed by atoms with Gasteiger partial charge in [0.25, 0.3) is 0 Å². The van der Waals surface area contributed by atoms with Crippen LogP contribution in [0.3, 0.4) is 0 Å². The fourth-order valence-corrected chi connectivity index (χ4v) is 6.62. The average molecular weight is 540 g/mol. The Morgan fingerprint density at radius 3 is 2.40 bits per heavy atom. The maximum absolute atomic E-state index is 13.6. The Morgan fingerprint density at radius 1 is 1.00 bits per heavy atom. The van der Waals surface area contributed by atoms with Crippen LogP contribution in [0.5, 0.6) is 5.75 Å². The first-order valence-electron chi connectivity index (χ1n) is 14.2. The SMILES string of the molecule is CCCC1=C([C@H](O)CC/C(C)=C/c2ccc(O)c3ccccc23)[C@H](CO)[C@@H]2C(=O)N(c3ccccc3)C(=O)[C@@H]2C1. The number of nitrogens with zero attached hydrogens (tertiary/aromatic N) is 1. The minimum atomic E-state index is -0.826. The normalized spacial score (nSPS) is 22.2. The number of rotatable bonds is 9. The highest BCUT2D eigenvalue weighted by Crippen LogP contribution is 2.48. The molecule has 0 spiro atoms. The number of phenols is 1. The van der Waals surface area contributed by atoms with Crippen molar-refractivity contribution in [3.05, 3.63) is 89.0 Å². The first kappa shape index (κ1) is 27.8. The maximum Gasteiger partial charge on any atom is 0.238 e. The summed E-state index contributed by atoms with van der Waals surface area (Å²) < 4.78 is 0. The average Bonchev–Trinajstić information content (AvgIpc) is 3.22. The maximum atomic E-state index is 13.6. The lowest BCUT2D eigenvalue weighted by Gasteiger charge is -2.36. The Balaban J connectivity index is 1.39. The van der Waals surface area contributed by atoms with Gasteiger partial charge in [0, 0.05) is 11.3 Å². The smallest absolute Gasteiger partial charge is 0.238 e. The van der Waals surface area contributed by atoms with Gasteiger partial charge in [0.15, 0.2) is 0 Å². The number of hydrogen-bond acceptors (Lipinski definition) is 5. The molecule has 1 saturated heterocycles.